The molecule has 0 aliphatic carbocycles. The van der Waals surface area contributed by atoms with Gasteiger partial charge in [-0.05, 0) is 24.6 Å². The first-order chi connectivity index (χ1) is 9.28. The smallest absolute Gasteiger partial charge is 0.237 e. The Labute approximate surface area is 109 Å². The lowest BCUT2D eigenvalue weighted by atomic mass is 10.3. The number of nitrogens with one attached hydrogen (secondary N) is 2. The molecule has 3 heterocycles. The van der Waals surface area contributed by atoms with Gasteiger partial charge in [0.2, 0.25) is 5.88 Å². The summed E-state index contributed by atoms with van der Waals surface area (Å²) in [6, 6.07) is 3.89. The molecule has 3 rings (SSSR count). The molecule has 0 fully saturated rings. The highest BCUT2D eigenvalue weighted by Gasteiger charge is 2.09. The zero-order chi connectivity index (χ0) is 13.2. The summed E-state index contributed by atoms with van der Waals surface area (Å²) in [6.45, 7) is 1.98. The highest BCUT2D eigenvalue weighted by Crippen LogP contribution is 2.28. The Kier molecular flexibility index (Phi) is 2.75. The lowest BCUT2D eigenvalue weighted by Crippen LogP contribution is -1.99. The van der Waals surface area contributed by atoms with Gasteiger partial charge in [0.15, 0.2) is 0 Å². The van der Waals surface area contributed by atoms with Crippen molar-refractivity contribution in [3.63, 3.8) is 0 Å². The van der Waals surface area contributed by atoms with Crippen molar-refractivity contribution in [3.8, 4) is 5.88 Å². The van der Waals surface area contributed by atoms with E-state index in [4.69, 9.17) is 4.74 Å². The maximum atomic E-state index is 5.24. The molecule has 96 valence electrons. The van der Waals surface area contributed by atoms with E-state index in [-0.39, 0.29) is 0 Å². The van der Waals surface area contributed by atoms with Crippen LogP contribution in [0.1, 0.15) is 5.56 Å². The number of aromatic nitrogens is 4. The van der Waals surface area contributed by atoms with Gasteiger partial charge in [0, 0.05) is 12.4 Å². The van der Waals surface area contributed by atoms with Crippen molar-refractivity contribution >= 4 is 22.5 Å². The molecule has 3 aromatic heterocycles. The summed E-state index contributed by atoms with van der Waals surface area (Å²) in [5.41, 5.74) is 2.61. The number of pyridine rings is 1. The molecule has 0 aromatic carbocycles. The van der Waals surface area contributed by atoms with Gasteiger partial charge in [0.1, 0.15) is 23.5 Å². The lowest BCUT2D eigenvalue weighted by molar-refractivity contribution is 0.400. The topological polar surface area (TPSA) is 75.7 Å². The minimum absolute atomic E-state index is 0.535. The van der Waals surface area contributed by atoms with Crippen LogP contribution in [0.15, 0.2) is 30.9 Å². The zero-order valence-electron chi connectivity index (χ0n) is 10.6. The number of H-pyrrole nitrogens is 1. The van der Waals surface area contributed by atoms with Crippen LogP contribution in [0.4, 0.5) is 11.5 Å². The number of anilines is 2. The number of methoxy groups -OCH3 is 1. The Morgan fingerprint density at radius 3 is 3.00 bits per heavy atom. The Bertz CT molecular complexity index is 722. The molecule has 0 radical (unpaired) electrons. The van der Waals surface area contributed by atoms with Crippen molar-refractivity contribution < 1.29 is 4.74 Å². The van der Waals surface area contributed by atoms with Gasteiger partial charge in [-0.3, -0.25) is 0 Å². The van der Waals surface area contributed by atoms with E-state index in [2.05, 4.69) is 25.3 Å². The minimum atomic E-state index is 0.535. The van der Waals surface area contributed by atoms with E-state index in [9.17, 15) is 0 Å². The van der Waals surface area contributed by atoms with Crippen LogP contribution < -0.4 is 10.1 Å². The SMILES string of the molecule is COc1ncc(C)cc1Nc1ncnc2[nH]ccc12. The van der Waals surface area contributed by atoms with Crippen LogP contribution in [0.5, 0.6) is 5.88 Å². The molecule has 0 bridgehead atoms. The lowest BCUT2D eigenvalue weighted by Gasteiger charge is -2.10. The Balaban J connectivity index is 2.05. The molecule has 0 saturated heterocycles. The fraction of sp³-hybridized carbons (Fsp3) is 0.154. The number of hydrogen-bond donors (Lipinski definition) is 2. The molecule has 6 heteroatoms. The largest absolute Gasteiger partial charge is 0.480 e. The highest BCUT2D eigenvalue weighted by atomic mass is 16.5. The molecule has 0 amide bonds. The van der Waals surface area contributed by atoms with Crippen molar-refractivity contribution in [2.24, 2.45) is 0 Å². The summed E-state index contributed by atoms with van der Waals surface area (Å²) in [4.78, 5) is 15.7. The minimum Gasteiger partial charge on any atom is -0.480 e. The summed E-state index contributed by atoms with van der Waals surface area (Å²) < 4.78 is 5.24. The predicted molar refractivity (Wildman–Crippen MR) is 72.7 cm³/mol. The highest BCUT2D eigenvalue weighted by molar-refractivity contribution is 5.89. The zero-order valence-corrected chi connectivity index (χ0v) is 10.6. The van der Waals surface area contributed by atoms with Crippen LogP contribution >= 0.6 is 0 Å². The van der Waals surface area contributed by atoms with Gasteiger partial charge in [0.25, 0.3) is 0 Å². The maximum absolute atomic E-state index is 5.24. The molecular weight excluding hydrogens is 242 g/mol. The van der Waals surface area contributed by atoms with E-state index < -0.39 is 0 Å². The van der Waals surface area contributed by atoms with Crippen molar-refractivity contribution in [2.45, 2.75) is 6.92 Å². The van der Waals surface area contributed by atoms with Gasteiger partial charge in [-0.25, -0.2) is 15.0 Å². The maximum Gasteiger partial charge on any atom is 0.237 e. The number of ether oxygens (including phenoxy) is 1. The number of hydrogen-bond acceptors (Lipinski definition) is 5. The number of aromatic amines is 1. The third-order valence-corrected chi connectivity index (χ3v) is 2.79. The average molecular weight is 255 g/mol. The molecule has 0 atom stereocenters. The quantitative estimate of drug-likeness (QED) is 0.751. The van der Waals surface area contributed by atoms with E-state index in [1.165, 1.54) is 6.33 Å². The molecule has 0 aliphatic rings. The second-order valence-corrected chi connectivity index (χ2v) is 4.16. The second-order valence-electron chi connectivity index (χ2n) is 4.16. The average Bonchev–Trinajstić information content (AvgIpc) is 2.88. The van der Waals surface area contributed by atoms with Gasteiger partial charge >= 0.3 is 0 Å². The van der Waals surface area contributed by atoms with Crippen molar-refractivity contribution in [1.82, 2.24) is 19.9 Å². The second kappa shape index (κ2) is 4.56. The first kappa shape index (κ1) is 11.5. The van der Waals surface area contributed by atoms with Gasteiger partial charge < -0.3 is 15.0 Å². The fourth-order valence-corrected chi connectivity index (χ4v) is 1.91. The van der Waals surface area contributed by atoms with Crippen LogP contribution in [0, 0.1) is 6.92 Å². The number of fused-ring (bicyclic) bond motifs is 1. The van der Waals surface area contributed by atoms with E-state index in [0.717, 1.165) is 28.1 Å². The van der Waals surface area contributed by atoms with E-state index >= 15 is 0 Å². The predicted octanol–water partition coefficient (Wildman–Crippen LogP) is 2.41. The number of rotatable bonds is 3. The molecule has 19 heavy (non-hydrogen) atoms. The first-order valence-corrected chi connectivity index (χ1v) is 5.83. The summed E-state index contributed by atoms with van der Waals surface area (Å²) in [6.07, 6.45) is 5.10. The van der Waals surface area contributed by atoms with Gasteiger partial charge in [-0.2, -0.15) is 0 Å². The van der Waals surface area contributed by atoms with Gasteiger partial charge in [-0.15, -0.1) is 0 Å². The van der Waals surface area contributed by atoms with Crippen LogP contribution in [-0.2, 0) is 0 Å². The fourth-order valence-electron chi connectivity index (χ4n) is 1.91. The molecular formula is C13H13N5O. The van der Waals surface area contributed by atoms with Crippen LogP contribution in [0.3, 0.4) is 0 Å². The van der Waals surface area contributed by atoms with E-state index in [1.807, 2.05) is 25.3 Å². The summed E-state index contributed by atoms with van der Waals surface area (Å²) in [5.74, 6) is 1.25. The van der Waals surface area contributed by atoms with E-state index in [0.29, 0.717) is 5.88 Å². The van der Waals surface area contributed by atoms with Crippen LogP contribution in [0.2, 0.25) is 0 Å². The van der Waals surface area contributed by atoms with Crippen LogP contribution in [0.25, 0.3) is 11.0 Å². The third kappa shape index (κ3) is 2.08. The Morgan fingerprint density at radius 2 is 2.16 bits per heavy atom. The Hall–Kier alpha value is -2.63. The van der Waals surface area contributed by atoms with Crippen molar-refractivity contribution in [3.05, 3.63) is 36.4 Å². The third-order valence-electron chi connectivity index (χ3n) is 2.79. The van der Waals surface area contributed by atoms with Gasteiger partial charge in [0.05, 0.1) is 12.5 Å². The number of aryl methyl sites for hydroxylation is 1. The number of nitrogens with zero attached hydrogens (tertiary/aromatic N) is 3. The molecule has 0 unspecified atom stereocenters. The Morgan fingerprint density at radius 1 is 1.26 bits per heavy atom. The van der Waals surface area contributed by atoms with E-state index in [1.54, 1.807) is 13.3 Å². The molecule has 2 N–H and O–H groups in total. The van der Waals surface area contributed by atoms with Crippen molar-refractivity contribution in [2.75, 3.05) is 12.4 Å². The molecule has 6 nitrogen and oxygen atoms in total. The summed E-state index contributed by atoms with van der Waals surface area (Å²) in [7, 11) is 1.59. The molecule has 3 aromatic rings. The van der Waals surface area contributed by atoms with Crippen molar-refractivity contribution in [1.29, 1.82) is 0 Å². The standard InChI is InChI=1S/C13H13N5O/c1-8-5-10(13(19-2)15-6-8)18-12-9-3-4-14-11(9)16-7-17-12/h3-7H,1-2H3,(H2,14,16,17,18). The summed E-state index contributed by atoms with van der Waals surface area (Å²) >= 11 is 0. The first-order valence-electron chi connectivity index (χ1n) is 5.83. The molecule has 0 spiro atoms. The molecule has 0 aliphatic heterocycles. The normalized spacial score (nSPS) is 10.6. The molecule has 0 saturated carbocycles. The van der Waals surface area contributed by atoms with Gasteiger partial charge in [-0.1, -0.05) is 0 Å². The monoisotopic (exact) mass is 255 g/mol. The van der Waals surface area contributed by atoms with Crippen LogP contribution in [-0.4, -0.2) is 27.0 Å². The summed E-state index contributed by atoms with van der Waals surface area (Å²) in [5, 5.41) is 4.16.